The van der Waals surface area contributed by atoms with Crippen LogP contribution in [0.15, 0.2) is 71.6 Å². The van der Waals surface area contributed by atoms with Crippen molar-refractivity contribution >= 4 is 38.9 Å². The number of nitrogens with zero attached hydrogens (tertiary/aromatic N) is 1. The van der Waals surface area contributed by atoms with E-state index in [1.165, 1.54) is 12.1 Å². The van der Waals surface area contributed by atoms with Crippen LogP contribution >= 0.6 is 11.6 Å². The van der Waals surface area contributed by atoms with Gasteiger partial charge in [-0.1, -0.05) is 41.9 Å². The fraction of sp³-hybridized carbons (Fsp3) is 0.174. The molecule has 3 aromatic rings. The van der Waals surface area contributed by atoms with Crippen molar-refractivity contribution in [3.63, 3.8) is 0 Å². The number of benzene rings is 3. The molecular formula is C23H23ClN2O3S. The highest BCUT2D eigenvalue weighted by atomic mass is 35.5. The Morgan fingerprint density at radius 1 is 0.933 bits per heavy atom. The number of anilines is 2. The maximum absolute atomic E-state index is 13.4. The Labute approximate surface area is 182 Å². The molecular weight excluding hydrogens is 420 g/mol. The van der Waals surface area contributed by atoms with Gasteiger partial charge in [0.05, 0.1) is 10.6 Å². The van der Waals surface area contributed by atoms with Gasteiger partial charge in [0.1, 0.15) is 6.54 Å². The average Bonchev–Trinajstić information content (AvgIpc) is 2.68. The van der Waals surface area contributed by atoms with Crippen LogP contribution in [0, 0.1) is 20.8 Å². The summed E-state index contributed by atoms with van der Waals surface area (Å²) in [6.45, 7) is 5.21. The van der Waals surface area contributed by atoms with Gasteiger partial charge >= 0.3 is 0 Å². The maximum atomic E-state index is 13.4. The van der Waals surface area contributed by atoms with Crippen LogP contribution in [0.5, 0.6) is 0 Å². The second kappa shape index (κ2) is 8.90. The molecule has 3 rings (SSSR count). The zero-order valence-corrected chi connectivity index (χ0v) is 18.6. The van der Waals surface area contributed by atoms with Crippen LogP contribution in [-0.2, 0) is 14.8 Å². The summed E-state index contributed by atoms with van der Waals surface area (Å²) in [6.07, 6.45) is 0. The van der Waals surface area contributed by atoms with Gasteiger partial charge in [-0.05, 0) is 73.9 Å². The molecule has 5 nitrogen and oxygen atoms in total. The first-order valence-electron chi connectivity index (χ1n) is 9.39. The van der Waals surface area contributed by atoms with Crippen LogP contribution in [0.3, 0.4) is 0 Å². The molecule has 156 valence electrons. The molecule has 0 aliphatic rings. The van der Waals surface area contributed by atoms with Gasteiger partial charge in [-0.3, -0.25) is 9.10 Å². The van der Waals surface area contributed by atoms with Crippen LogP contribution in [-0.4, -0.2) is 20.9 Å². The lowest BCUT2D eigenvalue weighted by Crippen LogP contribution is -2.38. The molecule has 0 aromatic heterocycles. The minimum Gasteiger partial charge on any atom is -0.324 e. The van der Waals surface area contributed by atoms with Crippen molar-refractivity contribution in [2.75, 3.05) is 16.2 Å². The highest BCUT2D eigenvalue weighted by Gasteiger charge is 2.28. The van der Waals surface area contributed by atoms with Crippen LogP contribution in [0.25, 0.3) is 0 Å². The molecule has 0 aliphatic heterocycles. The van der Waals surface area contributed by atoms with Crippen LogP contribution in [0.1, 0.15) is 16.7 Å². The molecule has 1 N–H and O–H groups in total. The van der Waals surface area contributed by atoms with Crippen molar-refractivity contribution < 1.29 is 13.2 Å². The summed E-state index contributed by atoms with van der Waals surface area (Å²) in [6, 6.07) is 18.7. The highest BCUT2D eigenvalue weighted by Crippen LogP contribution is 2.30. The SMILES string of the molecule is Cc1cc(C)cc(NC(=O)CN(c2cccc(Cl)c2C)S(=O)(=O)c2ccccc2)c1. The molecule has 3 aromatic carbocycles. The zero-order chi connectivity index (χ0) is 21.9. The number of rotatable bonds is 6. The van der Waals surface area contributed by atoms with E-state index < -0.39 is 15.9 Å². The summed E-state index contributed by atoms with van der Waals surface area (Å²) >= 11 is 6.23. The Bertz CT molecular complexity index is 1160. The number of amides is 1. The number of hydrogen-bond donors (Lipinski definition) is 1. The fourth-order valence-electron chi connectivity index (χ4n) is 3.26. The summed E-state index contributed by atoms with van der Waals surface area (Å²) in [5.74, 6) is -0.445. The molecule has 0 heterocycles. The van der Waals surface area contributed by atoms with Gasteiger partial charge in [-0.2, -0.15) is 0 Å². The first-order chi connectivity index (χ1) is 14.2. The van der Waals surface area contributed by atoms with Gasteiger partial charge in [0.2, 0.25) is 5.91 Å². The predicted molar refractivity (Wildman–Crippen MR) is 122 cm³/mol. The molecule has 0 saturated heterocycles. The molecule has 0 spiro atoms. The molecule has 0 bridgehead atoms. The van der Waals surface area contributed by atoms with E-state index in [9.17, 15) is 13.2 Å². The molecule has 1 amide bonds. The van der Waals surface area contributed by atoms with Crippen molar-refractivity contribution in [1.82, 2.24) is 0 Å². The number of aryl methyl sites for hydroxylation is 2. The predicted octanol–water partition coefficient (Wildman–Crippen LogP) is 5.10. The molecule has 0 saturated carbocycles. The summed E-state index contributed by atoms with van der Waals surface area (Å²) < 4.78 is 27.9. The van der Waals surface area contributed by atoms with E-state index in [0.717, 1.165) is 15.4 Å². The topological polar surface area (TPSA) is 66.5 Å². The van der Waals surface area contributed by atoms with Gasteiger partial charge < -0.3 is 5.32 Å². The molecule has 0 atom stereocenters. The largest absolute Gasteiger partial charge is 0.324 e. The minimum absolute atomic E-state index is 0.101. The number of halogens is 1. The Hall–Kier alpha value is -2.83. The first-order valence-corrected chi connectivity index (χ1v) is 11.2. The smallest absolute Gasteiger partial charge is 0.264 e. The summed E-state index contributed by atoms with van der Waals surface area (Å²) in [4.78, 5) is 12.9. The fourth-order valence-corrected chi connectivity index (χ4v) is 4.93. The Kier molecular flexibility index (Phi) is 6.48. The third-order valence-electron chi connectivity index (χ3n) is 4.63. The van der Waals surface area contributed by atoms with E-state index in [1.54, 1.807) is 43.3 Å². The molecule has 30 heavy (non-hydrogen) atoms. The van der Waals surface area contributed by atoms with Crippen molar-refractivity contribution in [2.45, 2.75) is 25.7 Å². The van der Waals surface area contributed by atoms with Gasteiger partial charge in [0.15, 0.2) is 0 Å². The van der Waals surface area contributed by atoms with E-state index in [2.05, 4.69) is 5.32 Å². The van der Waals surface area contributed by atoms with Crippen LogP contribution in [0.4, 0.5) is 11.4 Å². The third kappa shape index (κ3) is 4.83. The molecule has 0 unspecified atom stereocenters. The second-order valence-electron chi connectivity index (χ2n) is 7.13. The monoisotopic (exact) mass is 442 g/mol. The third-order valence-corrected chi connectivity index (χ3v) is 6.82. The standard InChI is InChI=1S/C23H23ClN2O3S/c1-16-12-17(2)14-19(13-16)25-23(27)15-26(22-11-7-10-21(24)18(22)3)30(28,29)20-8-5-4-6-9-20/h4-14H,15H2,1-3H3,(H,25,27). The number of hydrogen-bond acceptors (Lipinski definition) is 3. The first kappa shape index (κ1) is 21.9. The Morgan fingerprint density at radius 3 is 2.20 bits per heavy atom. The van der Waals surface area contributed by atoms with Crippen molar-refractivity contribution in [1.29, 1.82) is 0 Å². The zero-order valence-electron chi connectivity index (χ0n) is 17.0. The van der Waals surface area contributed by atoms with E-state index in [0.29, 0.717) is 22.0 Å². The lowest BCUT2D eigenvalue weighted by Gasteiger charge is -2.26. The lowest BCUT2D eigenvalue weighted by atomic mass is 10.1. The van der Waals surface area contributed by atoms with E-state index in [1.807, 2.05) is 32.0 Å². The number of carbonyl (C=O) groups excluding carboxylic acids is 1. The normalized spacial score (nSPS) is 11.2. The van der Waals surface area contributed by atoms with Gasteiger partial charge in [-0.25, -0.2) is 8.42 Å². The average molecular weight is 443 g/mol. The van der Waals surface area contributed by atoms with Crippen LogP contribution < -0.4 is 9.62 Å². The van der Waals surface area contributed by atoms with E-state index >= 15 is 0 Å². The number of sulfonamides is 1. The van der Waals surface area contributed by atoms with E-state index in [4.69, 9.17) is 11.6 Å². The number of nitrogens with one attached hydrogen (secondary N) is 1. The molecule has 0 aliphatic carbocycles. The van der Waals surface area contributed by atoms with Crippen LogP contribution in [0.2, 0.25) is 5.02 Å². The second-order valence-corrected chi connectivity index (χ2v) is 9.40. The summed E-state index contributed by atoms with van der Waals surface area (Å²) in [5, 5.41) is 3.23. The van der Waals surface area contributed by atoms with Crippen molar-refractivity contribution in [2.24, 2.45) is 0 Å². The molecule has 0 radical (unpaired) electrons. The summed E-state index contributed by atoms with van der Waals surface area (Å²) in [7, 11) is -3.98. The van der Waals surface area contributed by atoms with Crippen molar-refractivity contribution in [3.8, 4) is 0 Å². The number of carbonyl (C=O) groups is 1. The quantitative estimate of drug-likeness (QED) is 0.577. The maximum Gasteiger partial charge on any atom is 0.264 e. The van der Waals surface area contributed by atoms with Crippen molar-refractivity contribution in [3.05, 3.63) is 88.4 Å². The highest BCUT2D eigenvalue weighted by molar-refractivity contribution is 7.92. The lowest BCUT2D eigenvalue weighted by molar-refractivity contribution is -0.114. The Balaban J connectivity index is 1.99. The van der Waals surface area contributed by atoms with E-state index in [-0.39, 0.29) is 11.4 Å². The minimum atomic E-state index is -3.98. The van der Waals surface area contributed by atoms with Gasteiger partial charge in [0.25, 0.3) is 10.0 Å². The molecule has 0 fully saturated rings. The molecule has 7 heteroatoms. The summed E-state index contributed by atoms with van der Waals surface area (Å²) in [5.41, 5.74) is 3.58. The van der Waals surface area contributed by atoms with Gasteiger partial charge in [0, 0.05) is 10.7 Å². The van der Waals surface area contributed by atoms with Gasteiger partial charge in [-0.15, -0.1) is 0 Å². The Morgan fingerprint density at radius 2 is 1.57 bits per heavy atom.